The van der Waals surface area contributed by atoms with E-state index >= 15 is 0 Å². The van der Waals surface area contributed by atoms with Gasteiger partial charge in [-0.15, -0.1) is 0 Å². The topological polar surface area (TPSA) is 114 Å². The van der Waals surface area contributed by atoms with Crippen LogP contribution in [0, 0.1) is 5.82 Å². The number of hydrogen-bond donors (Lipinski definition) is 2. The fraction of sp³-hybridized carbons (Fsp3) is 0.531. The summed E-state index contributed by atoms with van der Waals surface area (Å²) in [6.45, 7) is 3.85. The van der Waals surface area contributed by atoms with Crippen LogP contribution in [0.2, 0.25) is 0 Å². The standard InChI is InChI=1S/C32H41FN4O5/c1-41-28-9-7-23(34)19-29(28)42-16-6-4-2-3-5-13-36-14-11-21(12-15-36)24-17-22(33)18-25-26(24)20-37(32(25)40)27-8-10-30(38)35-31(27)39/h7,9,17-19,21,27H,2-6,8,10-16,20,34H2,1H3,(H,35,38,39). The lowest BCUT2D eigenvalue weighted by molar-refractivity contribution is -0.136. The van der Waals surface area contributed by atoms with Gasteiger partial charge < -0.3 is 25.0 Å². The van der Waals surface area contributed by atoms with Gasteiger partial charge in [-0.3, -0.25) is 19.7 Å². The summed E-state index contributed by atoms with van der Waals surface area (Å²) < 4.78 is 25.8. The van der Waals surface area contributed by atoms with Crippen molar-refractivity contribution in [3.8, 4) is 11.5 Å². The number of imide groups is 1. The van der Waals surface area contributed by atoms with Gasteiger partial charge in [-0.2, -0.15) is 0 Å². The zero-order chi connectivity index (χ0) is 29.6. The van der Waals surface area contributed by atoms with Crippen LogP contribution in [-0.4, -0.2) is 66.9 Å². The van der Waals surface area contributed by atoms with Gasteiger partial charge in [-0.25, -0.2) is 4.39 Å². The number of fused-ring (bicyclic) bond motifs is 1. The van der Waals surface area contributed by atoms with E-state index in [4.69, 9.17) is 15.2 Å². The molecule has 9 nitrogen and oxygen atoms in total. The number of methoxy groups -OCH3 is 1. The van der Waals surface area contributed by atoms with E-state index in [0.717, 1.165) is 75.7 Å². The smallest absolute Gasteiger partial charge is 0.255 e. The van der Waals surface area contributed by atoms with Crippen molar-refractivity contribution in [1.29, 1.82) is 0 Å². The molecule has 3 aliphatic rings. The first-order valence-corrected chi connectivity index (χ1v) is 15.1. The number of nitrogens with zero attached hydrogens (tertiary/aromatic N) is 2. The van der Waals surface area contributed by atoms with Gasteiger partial charge in [0.05, 0.1) is 13.7 Å². The molecule has 0 spiro atoms. The Hall–Kier alpha value is -3.66. The Labute approximate surface area is 246 Å². The summed E-state index contributed by atoms with van der Waals surface area (Å²) in [6.07, 6.45) is 7.85. The van der Waals surface area contributed by atoms with Gasteiger partial charge in [0.2, 0.25) is 11.8 Å². The molecule has 3 heterocycles. The highest BCUT2D eigenvalue weighted by atomic mass is 19.1. The third-order valence-electron chi connectivity index (χ3n) is 8.75. The lowest BCUT2D eigenvalue weighted by Crippen LogP contribution is -2.52. The average Bonchev–Trinajstić information content (AvgIpc) is 3.30. The Kier molecular flexibility index (Phi) is 9.62. The maximum Gasteiger partial charge on any atom is 0.255 e. The summed E-state index contributed by atoms with van der Waals surface area (Å²) in [5.41, 5.74) is 8.59. The summed E-state index contributed by atoms with van der Waals surface area (Å²) in [7, 11) is 1.62. The van der Waals surface area contributed by atoms with E-state index in [1.165, 1.54) is 11.0 Å². The lowest BCUT2D eigenvalue weighted by Gasteiger charge is -2.33. The zero-order valence-corrected chi connectivity index (χ0v) is 24.3. The van der Waals surface area contributed by atoms with Crippen LogP contribution in [0.1, 0.15) is 85.2 Å². The maximum absolute atomic E-state index is 14.7. The predicted molar refractivity (Wildman–Crippen MR) is 157 cm³/mol. The van der Waals surface area contributed by atoms with E-state index in [2.05, 4.69) is 10.2 Å². The second-order valence-electron chi connectivity index (χ2n) is 11.6. The quantitative estimate of drug-likeness (QED) is 0.218. The van der Waals surface area contributed by atoms with Crippen LogP contribution in [0.3, 0.4) is 0 Å². The molecule has 2 fully saturated rings. The highest BCUT2D eigenvalue weighted by molar-refractivity contribution is 6.05. The molecule has 3 N–H and O–H groups in total. The molecule has 226 valence electrons. The van der Waals surface area contributed by atoms with Gasteiger partial charge >= 0.3 is 0 Å². The van der Waals surface area contributed by atoms with E-state index in [1.54, 1.807) is 25.3 Å². The van der Waals surface area contributed by atoms with Gasteiger partial charge in [0.15, 0.2) is 11.5 Å². The number of likely N-dealkylation sites (tertiary alicyclic amines) is 1. The van der Waals surface area contributed by atoms with Crippen LogP contribution in [-0.2, 0) is 16.1 Å². The molecular formula is C32H41FN4O5. The predicted octanol–water partition coefficient (Wildman–Crippen LogP) is 4.39. The van der Waals surface area contributed by atoms with E-state index in [0.29, 0.717) is 35.8 Å². The lowest BCUT2D eigenvalue weighted by atomic mass is 9.85. The summed E-state index contributed by atoms with van der Waals surface area (Å²) in [5.74, 6) is 0.0453. The van der Waals surface area contributed by atoms with Crippen LogP contribution in [0.15, 0.2) is 30.3 Å². The molecular weight excluding hydrogens is 539 g/mol. The van der Waals surface area contributed by atoms with E-state index < -0.39 is 17.8 Å². The number of nitrogens with two attached hydrogens (primary N) is 1. The first-order valence-electron chi connectivity index (χ1n) is 15.1. The summed E-state index contributed by atoms with van der Waals surface area (Å²) in [4.78, 5) is 41.1. The number of piperidine rings is 2. The minimum Gasteiger partial charge on any atom is -0.493 e. The third kappa shape index (κ3) is 6.86. The molecule has 2 saturated heterocycles. The number of nitrogen functional groups attached to an aromatic ring is 1. The maximum atomic E-state index is 14.7. The van der Waals surface area contributed by atoms with E-state index in [1.807, 2.05) is 6.07 Å². The van der Waals surface area contributed by atoms with Crippen molar-refractivity contribution >= 4 is 23.4 Å². The first-order chi connectivity index (χ1) is 20.3. The number of amides is 3. The fourth-order valence-electron chi connectivity index (χ4n) is 6.44. The molecule has 2 aromatic rings. The van der Waals surface area contributed by atoms with Crippen LogP contribution >= 0.6 is 0 Å². The summed E-state index contributed by atoms with van der Waals surface area (Å²) in [6, 6.07) is 7.58. The van der Waals surface area contributed by atoms with Gasteiger partial charge in [0.25, 0.3) is 5.91 Å². The highest BCUT2D eigenvalue weighted by Crippen LogP contribution is 2.38. The van der Waals surface area contributed by atoms with E-state index in [-0.39, 0.29) is 30.7 Å². The van der Waals surface area contributed by atoms with Crippen molar-refractivity contribution < 1.29 is 28.2 Å². The molecule has 0 saturated carbocycles. The number of ether oxygens (including phenoxy) is 2. The number of carbonyl (C=O) groups is 3. The van der Waals surface area contributed by atoms with Gasteiger partial charge in [0.1, 0.15) is 11.9 Å². The second-order valence-corrected chi connectivity index (χ2v) is 11.6. The Morgan fingerprint density at radius 2 is 1.74 bits per heavy atom. The Morgan fingerprint density at radius 3 is 2.50 bits per heavy atom. The number of carbonyl (C=O) groups excluding carboxylic acids is 3. The van der Waals surface area contributed by atoms with E-state index in [9.17, 15) is 18.8 Å². The number of benzene rings is 2. The normalized spacial score (nSPS) is 19.6. The van der Waals surface area contributed by atoms with Crippen molar-refractivity contribution in [1.82, 2.24) is 15.1 Å². The third-order valence-corrected chi connectivity index (χ3v) is 8.75. The summed E-state index contributed by atoms with van der Waals surface area (Å²) >= 11 is 0. The zero-order valence-electron chi connectivity index (χ0n) is 24.3. The van der Waals surface area contributed by atoms with Gasteiger partial charge in [0, 0.05) is 30.3 Å². The average molecular weight is 581 g/mol. The molecule has 0 bridgehead atoms. The number of unbranched alkanes of at least 4 members (excludes halogenated alkanes) is 4. The van der Waals surface area contributed by atoms with Gasteiger partial charge in [-0.1, -0.05) is 19.3 Å². The minimum atomic E-state index is -0.695. The number of halogens is 1. The van der Waals surface area contributed by atoms with Crippen LogP contribution in [0.5, 0.6) is 11.5 Å². The molecule has 0 aliphatic carbocycles. The highest BCUT2D eigenvalue weighted by Gasteiger charge is 2.41. The SMILES string of the molecule is COc1ccc(N)cc1OCCCCCCCN1CCC(c2cc(F)cc3c2CN(C2CCC(=O)NC2=O)C3=O)CC1. The molecule has 42 heavy (non-hydrogen) atoms. The molecule has 2 aromatic carbocycles. The molecule has 10 heteroatoms. The van der Waals surface area contributed by atoms with Crippen molar-refractivity contribution in [2.75, 3.05) is 39.1 Å². The van der Waals surface area contributed by atoms with Crippen LogP contribution < -0.4 is 20.5 Å². The molecule has 3 amide bonds. The number of nitrogens with one attached hydrogen (secondary N) is 1. The van der Waals surface area contributed by atoms with Crippen LogP contribution in [0.25, 0.3) is 0 Å². The second kappa shape index (κ2) is 13.5. The summed E-state index contributed by atoms with van der Waals surface area (Å²) in [5, 5.41) is 2.33. The molecule has 1 unspecified atom stereocenters. The molecule has 0 radical (unpaired) electrons. The Morgan fingerprint density at radius 1 is 0.976 bits per heavy atom. The molecule has 5 rings (SSSR count). The monoisotopic (exact) mass is 580 g/mol. The van der Waals surface area contributed by atoms with Crippen molar-refractivity contribution in [2.24, 2.45) is 0 Å². The van der Waals surface area contributed by atoms with Crippen LogP contribution in [0.4, 0.5) is 10.1 Å². The number of rotatable bonds is 12. The number of hydrogen-bond acceptors (Lipinski definition) is 7. The minimum absolute atomic E-state index is 0.179. The Bertz CT molecular complexity index is 1310. The first kappa shape index (κ1) is 29.8. The molecule has 1 atom stereocenters. The van der Waals surface area contributed by atoms with Crippen molar-refractivity contribution in [3.63, 3.8) is 0 Å². The molecule has 0 aromatic heterocycles. The Balaban J connectivity index is 1.04. The van der Waals surface area contributed by atoms with Crippen molar-refractivity contribution in [3.05, 3.63) is 52.8 Å². The van der Waals surface area contributed by atoms with Crippen molar-refractivity contribution in [2.45, 2.75) is 76.3 Å². The number of anilines is 1. The largest absolute Gasteiger partial charge is 0.493 e. The fourth-order valence-corrected chi connectivity index (χ4v) is 6.44. The molecule has 3 aliphatic heterocycles. The van der Waals surface area contributed by atoms with Gasteiger partial charge in [-0.05, 0) is 93.0 Å².